The third-order valence-electron chi connectivity index (χ3n) is 4.37. The molecule has 1 N–H and O–H groups in total. The summed E-state index contributed by atoms with van der Waals surface area (Å²) in [6.45, 7) is 9.45. The number of hydrogen-bond donors (Lipinski definition) is 1. The van der Waals surface area contributed by atoms with Crippen LogP contribution in [0.2, 0.25) is 5.02 Å². The summed E-state index contributed by atoms with van der Waals surface area (Å²) in [6, 6.07) is 10.2. The third kappa shape index (κ3) is 4.11. The van der Waals surface area contributed by atoms with Crippen LogP contribution in [0, 0.1) is 23.0 Å². The van der Waals surface area contributed by atoms with Crippen LogP contribution in [0.3, 0.4) is 0 Å². The second kappa shape index (κ2) is 8.15. The molecule has 0 bridgehead atoms. The molecule has 0 aliphatic rings. The molecule has 0 saturated carbocycles. The SMILES string of the molecule is C=C(c1ccccc1Cl)c1cc([N+](=O)[O-])c(C)cc1NC(=O)C(C)CC. The number of rotatable bonds is 6. The van der Waals surface area contributed by atoms with Crippen LogP contribution in [0.4, 0.5) is 11.4 Å². The number of carbonyl (C=O) groups is 1. The molecule has 1 amide bonds. The molecule has 0 heterocycles. The minimum atomic E-state index is -0.445. The highest BCUT2D eigenvalue weighted by Gasteiger charge is 2.21. The summed E-state index contributed by atoms with van der Waals surface area (Å²) in [4.78, 5) is 23.3. The Morgan fingerprint density at radius 3 is 2.54 bits per heavy atom. The van der Waals surface area contributed by atoms with Crippen molar-refractivity contribution in [3.63, 3.8) is 0 Å². The summed E-state index contributed by atoms with van der Waals surface area (Å²) in [6.07, 6.45) is 0.693. The average Bonchev–Trinajstić information content (AvgIpc) is 2.60. The molecule has 2 aromatic carbocycles. The van der Waals surface area contributed by atoms with E-state index in [9.17, 15) is 14.9 Å². The summed E-state index contributed by atoms with van der Waals surface area (Å²) in [5, 5.41) is 14.7. The second-order valence-electron chi connectivity index (χ2n) is 6.20. The van der Waals surface area contributed by atoms with Gasteiger partial charge < -0.3 is 5.32 Å². The topological polar surface area (TPSA) is 72.2 Å². The first-order valence-electron chi connectivity index (χ1n) is 8.30. The van der Waals surface area contributed by atoms with Gasteiger partial charge in [-0.25, -0.2) is 0 Å². The zero-order valence-electron chi connectivity index (χ0n) is 15.0. The van der Waals surface area contributed by atoms with Crippen LogP contribution in [0.25, 0.3) is 5.57 Å². The Bertz CT molecular complexity index is 877. The molecule has 0 radical (unpaired) electrons. The van der Waals surface area contributed by atoms with Gasteiger partial charge in [0.25, 0.3) is 5.69 Å². The maximum Gasteiger partial charge on any atom is 0.273 e. The molecule has 1 unspecified atom stereocenters. The number of anilines is 1. The van der Waals surface area contributed by atoms with Crippen LogP contribution in [-0.4, -0.2) is 10.8 Å². The lowest BCUT2D eigenvalue weighted by molar-refractivity contribution is -0.385. The van der Waals surface area contributed by atoms with Crippen molar-refractivity contribution >= 4 is 34.5 Å². The third-order valence-corrected chi connectivity index (χ3v) is 4.70. The molecule has 26 heavy (non-hydrogen) atoms. The summed E-state index contributed by atoms with van der Waals surface area (Å²) in [5.41, 5.74) is 2.57. The summed E-state index contributed by atoms with van der Waals surface area (Å²) < 4.78 is 0. The van der Waals surface area contributed by atoms with Crippen molar-refractivity contribution in [3.05, 3.63) is 74.8 Å². The Morgan fingerprint density at radius 1 is 1.31 bits per heavy atom. The number of halogens is 1. The largest absolute Gasteiger partial charge is 0.325 e. The van der Waals surface area contributed by atoms with Crippen molar-refractivity contribution < 1.29 is 9.72 Å². The molecule has 0 aliphatic heterocycles. The smallest absolute Gasteiger partial charge is 0.273 e. The van der Waals surface area contributed by atoms with E-state index in [4.69, 9.17) is 11.6 Å². The summed E-state index contributed by atoms with van der Waals surface area (Å²) >= 11 is 6.25. The number of nitrogens with one attached hydrogen (secondary N) is 1. The fourth-order valence-electron chi connectivity index (χ4n) is 2.54. The van der Waals surface area contributed by atoms with Gasteiger partial charge in [0.2, 0.25) is 5.91 Å². The minimum absolute atomic E-state index is 0.0326. The highest BCUT2D eigenvalue weighted by molar-refractivity contribution is 6.32. The summed E-state index contributed by atoms with van der Waals surface area (Å²) in [7, 11) is 0. The van der Waals surface area contributed by atoms with Gasteiger partial charge in [-0.3, -0.25) is 14.9 Å². The molecule has 0 spiro atoms. The Labute approximate surface area is 157 Å². The molecular weight excluding hydrogens is 352 g/mol. The van der Waals surface area contributed by atoms with Gasteiger partial charge in [0.1, 0.15) is 0 Å². The van der Waals surface area contributed by atoms with Gasteiger partial charge in [0, 0.05) is 39.4 Å². The predicted octanol–water partition coefficient (Wildman–Crippen LogP) is 5.60. The van der Waals surface area contributed by atoms with Crippen LogP contribution >= 0.6 is 11.6 Å². The molecule has 0 aliphatic carbocycles. The Hall–Kier alpha value is -2.66. The first-order valence-corrected chi connectivity index (χ1v) is 8.68. The van der Waals surface area contributed by atoms with Crippen molar-refractivity contribution in [2.24, 2.45) is 5.92 Å². The fraction of sp³-hybridized carbons (Fsp3) is 0.250. The second-order valence-corrected chi connectivity index (χ2v) is 6.61. The normalized spacial score (nSPS) is 11.7. The van der Waals surface area contributed by atoms with Gasteiger partial charge in [0.15, 0.2) is 0 Å². The van der Waals surface area contributed by atoms with Crippen molar-refractivity contribution in [2.75, 3.05) is 5.32 Å². The van der Waals surface area contributed by atoms with Crippen molar-refractivity contribution in [3.8, 4) is 0 Å². The monoisotopic (exact) mass is 372 g/mol. The lowest BCUT2D eigenvalue weighted by Gasteiger charge is -2.17. The number of nitro groups is 1. The minimum Gasteiger partial charge on any atom is -0.325 e. The van der Waals surface area contributed by atoms with E-state index in [2.05, 4.69) is 11.9 Å². The lowest BCUT2D eigenvalue weighted by Crippen LogP contribution is -2.20. The van der Waals surface area contributed by atoms with Gasteiger partial charge in [-0.15, -0.1) is 0 Å². The molecule has 6 heteroatoms. The maximum atomic E-state index is 12.4. The van der Waals surface area contributed by atoms with Crippen molar-refractivity contribution in [1.82, 2.24) is 0 Å². The van der Waals surface area contributed by atoms with E-state index in [1.54, 1.807) is 31.2 Å². The molecule has 0 aromatic heterocycles. The van der Waals surface area contributed by atoms with Gasteiger partial charge in [-0.1, -0.05) is 50.2 Å². The Kier molecular flexibility index (Phi) is 6.16. The zero-order chi connectivity index (χ0) is 19.4. The Balaban J connectivity index is 2.59. The van der Waals surface area contributed by atoms with Gasteiger partial charge >= 0.3 is 0 Å². The molecule has 136 valence electrons. The van der Waals surface area contributed by atoms with Crippen molar-refractivity contribution in [2.45, 2.75) is 27.2 Å². The molecule has 5 nitrogen and oxygen atoms in total. The van der Waals surface area contributed by atoms with Gasteiger partial charge in [-0.05, 0) is 31.1 Å². The van der Waals surface area contributed by atoms with E-state index >= 15 is 0 Å². The molecule has 1 atom stereocenters. The van der Waals surface area contributed by atoms with Crippen LogP contribution in [0.1, 0.15) is 37.0 Å². The van der Waals surface area contributed by atoms with Gasteiger partial charge in [0.05, 0.1) is 4.92 Å². The zero-order valence-corrected chi connectivity index (χ0v) is 15.8. The first-order chi connectivity index (χ1) is 12.3. The molecule has 2 rings (SSSR count). The molecule has 0 fully saturated rings. The number of nitro benzene ring substituents is 1. The van der Waals surface area contributed by atoms with E-state index in [-0.39, 0.29) is 17.5 Å². The molecule has 2 aromatic rings. The fourth-order valence-corrected chi connectivity index (χ4v) is 2.79. The number of carbonyl (C=O) groups excluding carboxylic acids is 1. The van der Waals surface area contributed by atoms with Gasteiger partial charge in [-0.2, -0.15) is 0 Å². The highest BCUT2D eigenvalue weighted by Crippen LogP contribution is 2.36. The Morgan fingerprint density at radius 2 is 1.96 bits per heavy atom. The predicted molar refractivity (Wildman–Crippen MR) is 106 cm³/mol. The van der Waals surface area contributed by atoms with E-state index in [0.29, 0.717) is 39.4 Å². The number of amides is 1. The van der Waals surface area contributed by atoms with Crippen LogP contribution in [0.15, 0.2) is 43.0 Å². The quantitative estimate of drug-likeness (QED) is 0.529. The first kappa shape index (κ1) is 19.7. The van der Waals surface area contributed by atoms with Crippen LogP contribution in [0.5, 0.6) is 0 Å². The average molecular weight is 373 g/mol. The molecular formula is C20H21ClN2O3. The van der Waals surface area contributed by atoms with Crippen molar-refractivity contribution in [1.29, 1.82) is 0 Å². The van der Waals surface area contributed by atoms with Crippen LogP contribution in [-0.2, 0) is 4.79 Å². The number of benzene rings is 2. The van der Waals surface area contributed by atoms with E-state index < -0.39 is 4.92 Å². The maximum absolute atomic E-state index is 12.4. The van der Waals surface area contributed by atoms with Crippen LogP contribution < -0.4 is 5.32 Å². The standard InChI is InChI=1S/C20H21ClN2O3/c1-5-12(2)20(24)22-18-10-13(3)19(23(25)26)11-16(18)14(4)15-8-6-7-9-17(15)21/h6-12H,4-5H2,1-3H3,(H,22,24). The lowest BCUT2D eigenvalue weighted by atomic mass is 9.95. The van der Waals surface area contributed by atoms with E-state index in [0.717, 1.165) is 0 Å². The van der Waals surface area contributed by atoms with E-state index in [1.165, 1.54) is 6.07 Å². The number of nitrogens with zero attached hydrogens (tertiary/aromatic N) is 1. The summed E-state index contributed by atoms with van der Waals surface area (Å²) in [5.74, 6) is -0.319. The number of aryl methyl sites for hydroxylation is 1. The van der Waals surface area contributed by atoms with E-state index in [1.807, 2.05) is 19.9 Å². The number of hydrogen-bond acceptors (Lipinski definition) is 3. The highest BCUT2D eigenvalue weighted by atomic mass is 35.5. The molecule has 0 saturated heterocycles.